The van der Waals surface area contributed by atoms with E-state index >= 15 is 0 Å². The minimum absolute atomic E-state index is 0.0368. The van der Waals surface area contributed by atoms with Crippen LogP contribution < -0.4 is 4.90 Å². The Morgan fingerprint density at radius 3 is 2.12 bits per heavy atom. The highest BCUT2D eigenvalue weighted by Crippen LogP contribution is 2.36. The van der Waals surface area contributed by atoms with Gasteiger partial charge in [0.1, 0.15) is 6.61 Å². The molecule has 1 saturated heterocycles. The third-order valence-electron chi connectivity index (χ3n) is 5.88. The average molecular weight is 491 g/mol. The molecule has 0 bridgehead atoms. The highest BCUT2D eigenvalue weighted by Gasteiger charge is 2.37. The number of likely N-dealkylation sites (N-methyl/N-ethyl adjacent to an activating group) is 1. The molecule has 0 aliphatic carbocycles. The van der Waals surface area contributed by atoms with Gasteiger partial charge in [-0.05, 0) is 30.8 Å². The number of piperazine rings is 1. The summed E-state index contributed by atoms with van der Waals surface area (Å²) in [5.74, 6) is 0.807. The molecule has 3 heterocycles. The van der Waals surface area contributed by atoms with Gasteiger partial charge in [0.15, 0.2) is 5.82 Å². The Hall–Kier alpha value is -2.96. The van der Waals surface area contributed by atoms with E-state index in [-0.39, 0.29) is 19.2 Å². The predicted octanol–water partition coefficient (Wildman–Crippen LogP) is 3.82. The maximum absolute atomic E-state index is 13.0. The Bertz CT molecular complexity index is 1010. The number of amides is 1. The molecule has 186 valence electrons. The normalized spacial score (nSPS) is 17.6. The van der Waals surface area contributed by atoms with Crippen molar-refractivity contribution in [2.75, 3.05) is 44.7 Å². The molecular formula is C21H23F6N5O2. The van der Waals surface area contributed by atoms with E-state index in [9.17, 15) is 31.1 Å². The molecule has 0 atom stereocenters. The second kappa shape index (κ2) is 9.01. The number of aromatic nitrogens is 2. The molecule has 0 spiro atoms. The number of anilines is 1. The Balaban J connectivity index is 1.41. The Morgan fingerprint density at radius 2 is 1.53 bits per heavy atom. The van der Waals surface area contributed by atoms with Crippen molar-refractivity contribution in [1.29, 1.82) is 0 Å². The summed E-state index contributed by atoms with van der Waals surface area (Å²) in [5, 5.41) is 4.58. The fourth-order valence-electron chi connectivity index (χ4n) is 3.94. The summed E-state index contributed by atoms with van der Waals surface area (Å²) >= 11 is 0. The number of hydrogen-bond acceptors (Lipinski definition) is 5. The van der Waals surface area contributed by atoms with Gasteiger partial charge in [0.05, 0.1) is 29.9 Å². The minimum atomic E-state index is -4.97. The molecule has 34 heavy (non-hydrogen) atoms. The van der Waals surface area contributed by atoms with E-state index in [0.717, 1.165) is 37.7 Å². The summed E-state index contributed by atoms with van der Waals surface area (Å²) in [6.07, 6.45) is -10.8. The molecule has 2 aliphatic heterocycles. The second-order valence-corrected chi connectivity index (χ2v) is 8.40. The first-order chi connectivity index (χ1) is 15.9. The summed E-state index contributed by atoms with van der Waals surface area (Å²) in [7, 11) is 2.04. The molecule has 0 radical (unpaired) electrons. The van der Waals surface area contributed by atoms with Gasteiger partial charge in [-0.3, -0.25) is 4.68 Å². The lowest BCUT2D eigenvalue weighted by Gasteiger charge is -2.32. The average Bonchev–Trinajstić information content (AvgIpc) is 3.20. The van der Waals surface area contributed by atoms with Crippen molar-refractivity contribution in [3.63, 3.8) is 0 Å². The van der Waals surface area contributed by atoms with Crippen molar-refractivity contribution in [2.24, 2.45) is 0 Å². The summed E-state index contributed by atoms with van der Waals surface area (Å²) in [5.41, 5.74) is -2.52. The van der Waals surface area contributed by atoms with Crippen molar-refractivity contribution in [2.45, 2.75) is 32.0 Å². The Labute approximate surface area is 191 Å². The first-order valence-corrected chi connectivity index (χ1v) is 10.6. The lowest BCUT2D eigenvalue weighted by molar-refractivity contribution is -0.143. The van der Waals surface area contributed by atoms with Gasteiger partial charge in [0.25, 0.3) is 0 Å². The molecule has 1 aromatic carbocycles. The zero-order chi connectivity index (χ0) is 24.7. The van der Waals surface area contributed by atoms with Crippen molar-refractivity contribution in [3.05, 3.63) is 46.6 Å². The molecule has 0 saturated carbocycles. The fourth-order valence-corrected chi connectivity index (χ4v) is 3.94. The number of halogens is 6. The highest BCUT2D eigenvalue weighted by atomic mass is 19.4. The van der Waals surface area contributed by atoms with E-state index in [4.69, 9.17) is 4.74 Å². The van der Waals surface area contributed by atoms with Crippen LogP contribution >= 0.6 is 0 Å². The van der Waals surface area contributed by atoms with Crippen molar-refractivity contribution in [1.82, 2.24) is 19.6 Å². The fraction of sp³-hybridized carbons (Fsp3) is 0.524. The van der Waals surface area contributed by atoms with Gasteiger partial charge in [0, 0.05) is 38.8 Å². The first-order valence-electron chi connectivity index (χ1n) is 10.6. The van der Waals surface area contributed by atoms with Crippen LogP contribution in [0.25, 0.3) is 0 Å². The lowest BCUT2D eigenvalue weighted by atomic mass is 10.1. The van der Waals surface area contributed by atoms with Crippen LogP contribution in [-0.2, 0) is 36.8 Å². The Morgan fingerprint density at radius 1 is 0.912 bits per heavy atom. The van der Waals surface area contributed by atoms with Gasteiger partial charge < -0.3 is 19.4 Å². The van der Waals surface area contributed by atoms with E-state index in [1.165, 1.54) is 4.90 Å². The number of ether oxygens (including phenoxy) is 1. The number of nitrogens with zero attached hydrogens (tertiary/aromatic N) is 5. The second-order valence-electron chi connectivity index (χ2n) is 8.40. The molecule has 0 unspecified atom stereocenters. The molecule has 13 heteroatoms. The third-order valence-corrected chi connectivity index (χ3v) is 5.88. The minimum Gasteiger partial charge on any atom is -0.445 e. The smallest absolute Gasteiger partial charge is 0.416 e. The van der Waals surface area contributed by atoms with E-state index in [2.05, 4.69) is 14.9 Å². The number of rotatable bonds is 3. The van der Waals surface area contributed by atoms with Crippen LogP contribution in [0.15, 0.2) is 24.3 Å². The maximum atomic E-state index is 13.0. The van der Waals surface area contributed by atoms with Crippen LogP contribution in [0.2, 0.25) is 0 Å². The molecule has 2 aliphatic rings. The van der Waals surface area contributed by atoms with E-state index in [1.54, 1.807) is 4.68 Å². The number of fused-ring (bicyclic) bond motifs is 1. The molecule has 2 aromatic rings. The molecule has 7 nitrogen and oxygen atoms in total. The standard InChI is InChI=1S/C21H23F6N5O2/c1-29-2-4-30(5-3-29)18-11-17-12-31(6-7-32(17)28-18)19(33)34-13-14-8-15(20(22,23)24)10-16(9-14)21(25,26)27/h8-11H,2-7,12-13H2,1H3. The number of alkyl halides is 6. The molecule has 1 fully saturated rings. The molecular weight excluding hydrogens is 468 g/mol. The van der Waals surface area contributed by atoms with E-state index in [0.29, 0.717) is 18.7 Å². The highest BCUT2D eigenvalue weighted by molar-refractivity contribution is 5.68. The quantitative estimate of drug-likeness (QED) is 0.612. The van der Waals surface area contributed by atoms with Crippen LogP contribution in [0, 0.1) is 0 Å². The summed E-state index contributed by atoms with van der Waals surface area (Å²) < 4.78 is 85.0. The monoisotopic (exact) mass is 491 g/mol. The van der Waals surface area contributed by atoms with E-state index < -0.39 is 41.7 Å². The summed E-state index contributed by atoms with van der Waals surface area (Å²) in [6.45, 7) is 3.60. The first kappa shape index (κ1) is 24.2. The topological polar surface area (TPSA) is 53.8 Å². The maximum Gasteiger partial charge on any atom is 0.416 e. The van der Waals surface area contributed by atoms with Crippen molar-refractivity contribution >= 4 is 11.9 Å². The van der Waals surface area contributed by atoms with Gasteiger partial charge in [-0.15, -0.1) is 0 Å². The van der Waals surface area contributed by atoms with Crippen LogP contribution in [0.1, 0.15) is 22.4 Å². The lowest BCUT2D eigenvalue weighted by Crippen LogP contribution is -2.44. The molecule has 0 N–H and O–H groups in total. The van der Waals surface area contributed by atoms with Crippen LogP contribution in [-0.4, -0.2) is 65.4 Å². The molecule has 1 aromatic heterocycles. The largest absolute Gasteiger partial charge is 0.445 e. The van der Waals surface area contributed by atoms with Crippen molar-refractivity contribution < 1.29 is 35.9 Å². The van der Waals surface area contributed by atoms with Crippen LogP contribution in [0.5, 0.6) is 0 Å². The molecule has 1 amide bonds. The predicted molar refractivity (Wildman–Crippen MR) is 109 cm³/mol. The number of hydrogen-bond donors (Lipinski definition) is 0. The third kappa shape index (κ3) is 5.40. The van der Waals surface area contributed by atoms with Crippen LogP contribution in [0.4, 0.5) is 37.0 Å². The summed E-state index contributed by atoms with van der Waals surface area (Å²) in [4.78, 5) is 18.2. The summed E-state index contributed by atoms with van der Waals surface area (Å²) in [6, 6.07) is 3.02. The van der Waals surface area contributed by atoms with Crippen molar-refractivity contribution in [3.8, 4) is 0 Å². The SMILES string of the molecule is CN1CCN(c2cc3n(n2)CCN(C(=O)OCc2cc(C(F)(F)F)cc(C(F)(F)F)c2)C3)CC1. The number of benzene rings is 1. The zero-order valence-electron chi connectivity index (χ0n) is 18.3. The van der Waals surface area contributed by atoms with E-state index in [1.807, 2.05) is 13.1 Å². The van der Waals surface area contributed by atoms with Gasteiger partial charge in [0.2, 0.25) is 0 Å². The Kier molecular flexibility index (Phi) is 6.40. The number of carbonyl (C=O) groups is 1. The zero-order valence-corrected chi connectivity index (χ0v) is 18.3. The van der Waals surface area contributed by atoms with Gasteiger partial charge in [-0.1, -0.05) is 0 Å². The van der Waals surface area contributed by atoms with Crippen LogP contribution in [0.3, 0.4) is 0 Å². The molecule has 4 rings (SSSR count). The number of carbonyl (C=O) groups excluding carboxylic acids is 1. The van der Waals surface area contributed by atoms with Gasteiger partial charge >= 0.3 is 18.4 Å². The van der Waals surface area contributed by atoms with Gasteiger partial charge in [-0.25, -0.2) is 4.79 Å². The van der Waals surface area contributed by atoms with Gasteiger partial charge in [-0.2, -0.15) is 31.4 Å².